The molecule has 3 aromatic carbocycles. The minimum atomic E-state index is -0.135. The van der Waals surface area contributed by atoms with Crippen LogP contribution in [-0.2, 0) is 6.61 Å². The average molecular weight is 438 g/mol. The smallest absolute Gasteiger partial charge is 0.251 e. The number of halogens is 1. The first-order valence-electron chi connectivity index (χ1n) is 10.4. The summed E-state index contributed by atoms with van der Waals surface area (Å²) in [5.41, 5.74) is 2.50. The van der Waals surface area contributed by atoms with Gasteiger partial charge in [-0.05, 0) is 54.3 Å². The van der Waals surface area contributed by atoms with E-state index in [1.54, 1.807) is 19.2 Å². The molecular weight excluding hydrogens is 410 g/mol. The zero-order valence-electron chi connectivity index (χ0n) is 18.1. The van der Waals surface area contributed by atoms with Gasteiger partial charge in [0, 0.05) is 16.1 Å². The van der Waals surface area contributed by atoms with Crippen LogP contribution in [0, 0.1) is 5.92 Å². The van der Waals surface area contributed by atoms with Crippen LogP contribution in [0.1, 0.15) is 47.8 Å². The van der Waals surface area contributed by atoms with Gasteiger partial charge in [-0.1, -0.05) is 61.8 Å². The maximum Gasteiger partial charge on any atom is 0.251 e. The molecule has 0 spiro atoms. The highest BCUT2D eigenvalue weighted by atomic mass is 35.5. The van der Waals surface area contributed by atoms with Crippen molar-refractivity contribution < 1.29 is 14.3 Å². The normalized spacial score (nSPS) is 11.8. The Morgan fingerprint density at radius 1 is 0.968 bits per heavy atom. The molecule has 0 heterocycles. The summed E-state index contributed by atoms with van der Waals surface area (Å²) in [5, 5.41) is 3.83. The van der Waals surface area contributed by atoms with Crippen LogP contribution in [0.3, 0.4) is 0 Å². The fraction of sp³-hybridized carbons (Fsp3) is 0.269. The molecule has 0 saturated heterocycles. The van der Waals surface area contributed by atoms with Crippen molar-refractivity contribution in [3.63, 3.8) is 0 Å². The number of carbonyl (C=O) groups excluding carboxylic acids is 1. The monoisotopic (exact) mass is 437 g/mol. The summed E-state index contributed by atoms with van der Waals surface area (Å²) in [7, 11) is 1.64. The van der Waals surface area contributed by atoms with E-state index in [1.807, 2.05) is 60.7 Å². The van der Waals surface area contributed by atoms with Crippen LogP contribution in [0.25, 0.3) is 0 Å². The van der Waals surface area contributed by atoms with Crippen LogP contribution in [0.15, 0.2) is 72.8 Å². The topological polar surface area (TPSA) is 47.6 Å². The first-order valence-corrected chi connectivity index (χ1v) is 10.7. The van der Waals surface area contributed by atoms with Crippen LogP contribution in [-0.4, -0.2) is 13.0 Å². The molecule has 0 aromatic heterocycles. The lowest BCUT2D eigenvalue weighted by Crippen LogP contribution is -2.29. The van der Waals surface area contributed by atoms with Crippen LogP contribution < -0.4 is 14.8 Å². The van der Waals surface area contributed by atoms with Gasteiger partial charge in [-0.2, -0.15) is 0 Å². The van der Waals surface area contributed by atoms with E-state index in [4.69, 9.17) is 21.1 Å². The lowest BCUT2D eigenvalue weighted by Gasteiger charge is -2.21. The molecule has 0 aliphatic carbocycles. The summed E-state index contributed by atoms with van der Waals surface area (Å²) in [6.07, 6.45) is 0.834. The van der Waals surface area contributed by atoms with E-state index < -0.39 is 0 Å². The van der Waals surface area contributed by atoms with Gasteiger partial charge in [0.25, 0.3) is 5.91 Å². The van der Waals surface area contributed by atoms with Gasteiger partial charge in [0.1, 0.15) is 18.1 Å². The quantitative estimate of drug-likeness (QED) is 0.418. The summed E-state index contributed by atoms with van der Waals surface area (Å²) < 4.78 is 11.1. The van der Waals surface area contributed by atoms with Crippen molar-refractivity contribution >= 4 is 17.5 Å². The van der Waals surface area contributed by atoms with Gasteiger partial charge in [0.15, 0.2) is 0 Å². The number of benzene rings is 3. The second-order valence-corrected chi connectivity index (χ2v) is 8.24. The molecule has 3 aromatic rings. The molecule has 0 fully saturated rings. The maximum atomic E-state index is 13.0. The van der Waals surface area contributed by atoms with Gasteiger partial charge in [-0.3, -0.25) is 4.79 Å². The lowest BCUT2D eigenvalue weighted by atomic mass is 9.96. The molecule has 1 unspecified atom stereocenters. The summed E-state index contributed by atoms with van der Waals surface area (Å²) in [4.78, 5) is 13.0. The molecular formula is C26H28ClNO3. The van der Waals surface area contributed by atoms with Gasteiger partial charge < -0.3 is 14.8 Å². The first kappa shape index (κ1) is 22.7. The number of carbonyl (C=O) groups is 1. The zero-order chi connectivity index (χ0) is 22.2. The summed E-state index contributed by atoms with van der Waals surface area (Å²) in [5.74, 6) is 1.71. The highest BCUT2D eigenvalue weighted by Crippen LogP contribution is 2.25. The second-order valence-electron chi connectivity index (χ2n) is 7.84. The molecule has 4 nitrogen and oxygen atoms in total. The van der Waals surface area contributed by atoms with Crippen LogP contribution >= 0.6 is 11.6 Å². The Hall–Kier alpha value is -2.98. The summed E-state index contributed by atoms with van der Waals surface area (Å²) in [6.45, 7) is 4.63. The van der Waals surface area contributed by atoms with E-state index in [-0.39, 0.29) is 11.9 Å². The van der Waals surface area contributed by atoms with Crippen molar-refractivity contribution in [1.82, 2.24) is 5.32 Å². The van der Waals surface area contributed by atoms with E-state index in [0.29, 0.717) is 28.9 Å². The highest BCUT2D eigenvalue weighted by Gasteiger charge is 2.18. The molecule has 1 amide bonds. The van der Waals surface area contributed by atoms with Crippen molar-refractivity contribution in [2.45, 2.75) is 32.9 Å². The Labute approximate surface area is 189 Å². The number of nitrogens with one attached hydrogen (secondary N) is 1. The molecule has 0 aliphatic heterocycles. The highest BCUT2D eigenvalue weighted by molar-refractivity contribution is 6.31. The molecule has 0 bridgehead atoms. The van der Waals surface area contributed by atoms with Gasteiger partial charge in [0.2, 0.25) is 0 Å². The maximum absolute atomic E-state index is 13.0. The van der Waals surface area contributed by atoms with Crippen molar-refractivity contribution in [3.8, 4) is 11.5 Å². The molecule has 3 rings (SSSR count). The minimum Gasteiger partial charge on any atom is -0.497 e. The van der Waals surface area contributed by atoms with Gasteiger partial charge in [-0.15, -0.1) is 0 Å². The van der Waals surface area contributed by atoms with E-state index in [9.17, 15) is 4.79 Å². The Morgan fingerprint density at radius 2 is 1.71 bits per heavy atom. The van der Waals surface area contributed by atoms with Crippen LogP contribution in [0.4, 0.5) is 0 Å². The molecule has 5 heteroatoms. The molecule has 162 valence electrons. The largest absolute Gasteiger partial charge is 0.497 e. The van der Waals surface area contributed by atoms with Gasteiger partial charge >= 0.3 is 0 Å². The summed E-state index contributed by atoms with van der Waals surface area (Å²) in [6, 6.07) is 22.5. The Bertz CT molecular complexity index is 1000. The van der Waals surface area contributed by atoms with Crippen LogP contribution in [0.2, 0.25) is 5.02 Å². The van der Waals surface area contributed by atoms with Crippen molar-refractivity contribution in [3.05, 3.63) is 94.5 Å². The van der Waals surface area contributed by atoms with Crippen LogP contribution in [0.5, 0.6) is 11.5 Å². The van der Waals surface area contributed by atoms with Crippen molar-refractivity contribution in [2.75, 3.05) is 7.11 Å². The fourth-order valence-corrected chi connectivity index (χ4v) is 3.52. The zero-order valence-corrected chi connectivity index (χ0v) is 18.9. The Morgan fingerprint density at radius 3 is 2.39 bits per heavy atom. The van der Waals surface area contributed by atoms with Gasteiger partial charge in [0.05, 0.1) is 13.2 Å². The first-order chi connectivity index (χ1) is 15.0. The third kappa shape index (κ3) is 6.50. The third-order valence-electron chi connectivity index (χ3n) is 4.98. The Balaban J connectivity index is 1.71. The number of hydrogen-bond acceptors (Lipinski definition) is 3. The van der Waals surface area contributed by atoms with Crippen molar-refractivity contribution in [1.29, 1.82) is 0 Å². The standard InChI is InChI=1S/C26H28ClNO3/c1-18(2)15-25(19-11-13-22(30-3)14-12-19)28-26(29)20-8-6-9-23(16-20)31-17-21-7-4-5-10-24(21)27/h4-14,16,18,25H,15,17H2,1-3H3,(H,28,29). The number of methoxy groups -OCH3 is 1. The number of rotatable bonds is 9. The summed E-state index contributed by atoms with van der Waals surface area (Å²) >= 11 is 6.20. The fourth-order valence-electron chi connectivity index (χ4n) is 3.33. The molecule has 0 radical (unpaired) electrons. The lowest BCUT2D eigenvalue weighted by molar-refractivity contribution is 0.0931. The van der Waals surface area contributed by atoms with E-state index in [2.05, 4.69) is 19.2 Å². The molecule has 1 N–H and O–H groups in total. The van der Waals surface area contributed by atoms with E-state index >= 15 is 0 Å². The van der Waals surface area contributed by atoms with E-state index in [0.717, 1.165) is 23.3 Å². The van der Waals surface area contributed by atoms with Crippen molar-refractivity contribution in [2.24, 2.45) is 5.92 Å². The number of ether oxygens (including phenoxy) is 2. The molecule has 0 saturated carbocycles. The second kappa shape index (κ2) is 10.9. The van der Waals surface area contributed by atoms with E-state index in [1.165, 1.54) is 0 Å². The predicted octanol–water partition coefficient (Wildman–Crippen LogP) is 6.44. The molecule has 1 atom stereocenters. The predicted molar refractivity (Wildman–Crippen MR) is 125 cm³/mol. The number of amides is 1. The minimum absolute atomic E-state index is 0.0916. The third-order valence-corrected chi connectivity index (χ3v) is 5.35. The SMILES string of the molecule is COc1ccc(C(CC(C)C)NC(=O)c2cccc(OCc3ccccc3Cl)c2)cc1. The average Bonchev–Trinajstić information content (AvgIpc) is 2.78. The Kier molecular flexibility index (Phi) is 7.96. The molecule has 31 heavy (non-hydrogen) atoms. The van der Waals surface area contributed by atoms with Gasteiger partial charge in [-0.25, -0.2) is 0 Å². The molecule has 0 aliphatic rings. The number of hydrogen-bond donors (Lipinski definition) is 1.